The van der Waals surface area contributed by atoms with Crippen molar-refractivity contribution in [1.29, 1.82) is 10.5 Å². The molecular formula is C14H3Cl6N3. The van der Waals surface area contributed by atoms with Crippen molar-refractivity contribution in [3.63, 3.8) is 0 Å². The summed E-state index contributed by atoms with van der Waals surface area (Å²) in [5, 5.41) is 21.7. The molecule has 23 heavy (non-hydrogen) atoms. The second-order valence-electron chi connectivity index (χ2n) is 4.16. The SMILES string of the molecule is N#Cc1c(Cl)c(Cl)c(Nc2c(Cl)cc(Cl)cc2Cl)c(C#N)c1Cl. The summed E-state index contributed by atoms with van der Waals surface area (Å²) in [4.78, 5) is 0. The highest BCUT2D eigenvalue weighted by molar-refractivity contribution is 6.47. The van der Waals surface area contributed by atoms with Crippen LogP contribution in [0.3, 0.4) is 0 Å². The Bertz CT molecular complexity index is 872. The predicted octanol–water partition coefficient (Wildman–Crippen LogP) is 7.09. The molecule has 0 atom stereocenters. The highest BCUT2D eigenvalue weighted by atomic mass is 35.5. The lowest BCUT2D eigenvalue weighted by molar-refractivity contribution is 1.43. The monoisotopic (exact) mass is 423 g/mol. The molecule has 3 nitrogen and oxygen atoms in total. The molecule has 2 aromatic carbocycles. The third-order valence-corrected chi connectivity index (χ3v) is 4.85. The normalized spacial score (nSPS) is 10.1. The fraction of sp³-hybridized carbons (Fsp3) is 0. The molecule has 116 valence electrons. The van der Waals surface area contributed by atoms with E-state index in [0.29, 0.717) is 5.02 Å². The molecule has 0 bridgehead atoms. The molecule has 9 heteroatoms. The second-order valence-corrected chi connectivity index (χ2v) is 6.54. The highest BCUT2D eigenvalue weighted by Gasteiger charge is 2.22. The lowest BCUT2D eigenvalue weighted by Crippen LogP contribution is -2.00. The van der Waals surface area contributed by atoms with E-state index in [9.17, 15) is 5.26 Å². The summed E-state index contributed by atoms with van der Waals surface area (Å²) in [6, 6.07) is 6.60. The van der Waals surface area contributed by atoms with Crippen molar-refractivity contribution in [2.75, 3.05) is 5.32 Å². The highest BCUT2D eigenvalue weighted by Crippen LogP contribution is 2.44. The van der Waals surface area contributed by atoms with Crippen molar-refractivity contribution >= 4 is 81.0 Å². The van der Waals surface area contributed by atoms with Gasteiger partial charge in [-0.25, -0.2) is 0 Å². The van der Waals surface area contributed by atoms with Crippen molar-refractivity contribution < 1.29 is 0 Å². The quantitative estimate of drug-likeness (QED) is 0.522. The molecular weight excluding hydrogens is 423 g/mol. The number of nitrogens with zero attached hydrogens (tertiary/aromatic N) is 2. The van der Waals surface area contributed by atoms with Crippen LogP contribution in [0.1, 0.15) is 11.1 Å². The standard InChI is InChI=1S/C14H3Cl6N3/c15-5-1-8(16)14(9(17)2-5)23-13-7(4-22)10(18)6(3-21)11(19)12(13)20/h1-2,23H. The molecule has 0 unspecified atom stereocenters. The summed E-state index contributed by atoms with van der Waals surface area (Å²) in [7, 11) is 0. The van der Waals surface area contributed by atoms with Gasteiger partial charge >= 0.3 is 0 Å². The van der Waals surface area contributed by atoms with Gasteiger partial charge in [0.1, 0.15) is 12.1 Å². The van der Waals surface area contributed by atoms with Crippen LogP contribution in [0.2, 0.25) is 30.1 Å². The van der Waals surface area contributed by atoms with Crippen molar-refractivity contribution in [2.45, 2.75) is 0 Å². The number of benzene rings is 2. The Balaban J connectivity index is 2.72. The van der Waals surface area contributed by atoms with Gasteiger partial charge in [-0.3, -0.25) is 0 Å². The van der Waals surface area contributed by atoms with Gasteiger partial charge in [-0.05, 0) is 12.1 Å². The lowest BCUT2D eigenvalue weighted by Gasteiger charge is -2.16. The maximum atomic E-state index is 9.32. The summed E-state index contributed by atoms with van der Waals surface area (Å²) < 4.78 is 0. The first-order valence-corrected chi connectivity index (χ1v) is 8.00. The minimum Gasteiger partial charge on any atom is -0.351 e. The molecule has 0 aliphatic heterocycles. The summed E-state index contributed by atoms with van der Waals surface area (Å²) >= 11 is 36.3. The van der Waals surface area contributed by atoms with Crippen molar-refractivity contribution in [3.8, 4) is 12.1 Å². The Morgan fingerprint density at radius 3 is 1.70 bits per heavy atom. The topological polar surface area (TPSA) is 59.6 Å². The summed E-state index contributed by atoms with van der Waals surface area (Å²) in [5.41, 5.74) is 0.218. The van der Waals surface area contributed by atoms with Crippen LogP contribution >= 0.6 is 69.6 Å². The molecule has 0 saturated heterocycles. The maximum absolute atomic E-state index is 9.32. The van der Waals surface area contributed by atoms with E-state index in [2.05, 4.69) is 5.32 Å². The number of nitriles is 2. The first-order valence-electron chi connectivity index (χ1n) is 5.74. The van der Waals surface area contributed by atoms with Gasteiger partial charge in [0.2, 0.25) is 0 Å². The van der Waals surface area contributed by atoms with Crippen LogP contribution in [0.25, 0.3) is 0 Å². The van der Waals surface area contributed by atoms with E-state index in [0.717, 1.165) is 0 Å². The van der Waals surface area contributed by atoms with Crippen molar-refractivity contribution in [3.05, 3.63) is 53.4 Å². The predicted molar refractivity (Wildman–Crippen MR) is 95.7 cm³/mol. The van der Waals surface area contributed by atoms with E-state index < -0.39 is 0 Å². The molecule has 1 N–H and O–H groups in total. The lowest BCUT2D eigenvalue weighted by atomic mass is 10.1. The van der Waals surface area contributed by atoms with E-state index in [4.69, 9.17) is 74.9 Å². The zero-order valence-electron chi connectivity index (χ0n) is 10.8. The summed E-state index contributed by atoms with van der Waals surface area (Å²) in [6.45, 7) is 0. The Morgan fingerprint density at radius 2 is 1.22 bits per heavy atom. The van der Waals surface area contributed by atoms with Gasteiger partial charge in [0.05, 0.1) is 47.6 Å². The maximum Gasteiger partial charge on any atom is 0.103 e. The zero-order chi connectivity index (χ0) is 17.3. The molecule has 2 rings (SSSR count). The molecule has 0 saturated carbocycles. The Labute approximate surface area is 161 Å². The number of nitrogens with one attached hydrogen (secondary N) is 1. The molecule has 0 aromatic heterocycles. The molecule has 0 fully saturated rings. The van der Waals surface area contributed by atoms with Crippen LogP contribution in [0, 0.1) is 22.7 Å². The van der Waals surface area contributed by atoms with E-state index in [1.807, 2.05) is 6.07 Å². The average Bonchev–Trinajstić information content (AvgIpc) is 2.48. The third kappa shape index (κ3) is 3.42. The van der Waals surface area contributed by atoms with Crippen LogP contribution < -0.4 is 5.32 Å². The second kappa shape index (κ2) is 7.24. The van der Waals surface area contributed by atoms with Gasteiger partial charge in [-0.2, -0.15) is 10.5 Å². The van der Waals surface area contributed by atoms with Gasteiger partial charge in [-0.15, -0.1) is 0 Å². The zero-order valence-corrected chi connectivity index (χ0v) is 15.4. The molecule has 0 amide bonds. The first kappa shape index (κ1) is 18.3. The van der Waals surface area contributed by atoms with Crippen LogP contribution in [-0.2, 0) is 0 Å². The van der Waals surface area contributed by atoms with Crippen molar-refractivity contribution in [2.24, 2.45) is 0 Å². The molecule has 0 aliphatic rings. The van der Waals surface area contributed by atoms with E-state index in [1.165, 1.54) is 12.1 Å². The number of rotatable bonds is 2. The minimum atomic E-state index is -0.117. The third-order valence-electron chi connectivity index (χ3n) is 2.80. The smallest absolute Gasteiger partial charge is 0.103 e. The Hall–Kier alpha value is -1.04. The fourth-order valence-electron chi connectivity index (χ4n) is 1.77. The van der Waals surface area contributed by atoms with Crippen molar-refractivity contribution in [1.82, 2.24) is 0 Å². The van der Waals surface area contributed by atoms with Gasteiger partial charge in [-0.1, -0.05) is 69.6 Å². The fourth-order valence-corrected chi connectivity index (χ4v) is 3.47. The number of hydrogen-bond acceptors (Lipinski definition) is 3. The Morgan fingerprint density at radius 1 is 0.696 bits per heavy atom. The van der Waals surface area contributed by atoms with Gasteiger partial charge in [0.15, 0.2) is 0 Å². The largest absolute Gasteiger partial charge is 0.351 e. The van der Waals surface area contributed by atoms with Gasteiger partial charge < -0.3 is 5.32 Å². The van der Waals surface area contributed by atoms with Crippen LogP contribution in [0.5, 0.6) is 0 Å². The molecule has 0 aliphatic carbocycles. The van der Waals surface area contributed by atoms with E-state index >= 15 is 0 Å². The van der Waals surface area contributed by atoms with E-state index in [-0.39, 0.29) is 47.6 Å². The van der Waals surface area contributed by atoms with Crippen LogP contribution in [0.15, 0.2) is 12.1 Å². The average molecular weight is 426 g/mol. The number of halogens is 6. The molecule has 0 heterocycles. The van der Waals surface area contributed by atoms with Gasteiger partial charge in [0, 0.05) is 5.02 Å². The minimum absolute atomic E-state index is 0.0498. The van der Waals surface area contributed by atoms with Crippen LogP contribution in [0.4, 0.5) is 11.4 Å². The molecule has 2 aromatic rings. The number of hydrogen-bond donors (Lipinski definition) is 1. The summed E-state index contributed by atoms with van der Waals surface area (Å²) in [6.07, 6.45) is 0. The first-order chi connectivity index (χ1) is 10.8. The Kier molecular flexibility index (Phi) is 5.76. The summed E-state index contributed by atoms with van der Waals surface area (Å²) in [5.74, 6) is 0. The molecule has 0 spiro atoms. The van der Waals surface area contributed by atoms with Crippen LogP contribution in [-0.4, -0.2) is 0 Å². The molecule has 0 radical (unpaired) electrons. The number of anilines is 2. The van der Waals surface area contributed by atoms with Gasteiger partial charge in [0.25, 0.3) is 0 Å². The van der Waals surface area contributed by atoms with E-state index in [1.54, 1.807) is 6.07 Å².